The number of nitrogens with zero attached hydrogens (tertiary/aromatic N) is 3. The highest BCUT2D eigenvalue weighted by molar-refractivity contribution is 6.88. The number of rotatable bonds is 5. The van der Waals surface area contributed by atoms with E-state index in [4.69, 9.17) is 10.3 Å². The summed E-state index contributed by atoms with van der Waals surface area (Å²) in [6, 6.07) is 7.94. The summed E-state index contributed by atoms with van der Waals surface area (Å²) in [7, 11) is -1.34. The van der Waals surface area contributed by atoms with Gasteiger partial charge in [0.15, 0.2) is 0 Å². The first kappa shape index (κ1) is 16.0. The van der Waals surface area contributed by atoms with Crippen LogP contribution in [0.3, 0.4) is 0 Å². The third-order valence-electron chi connectivity index (χ3n) is 2.72. The fourth-order valence-corrected chi connectivity index (χ4v) is 2.79. The molecular weight excluding hydrogens is 270 g/mol. The van der Waals surface area contributed by atoms with Gasteiger partial charge in [-0.05, 0) is 24.1 Å². The van der Waals surface area contributed by atoms with Gasteiger partial charge in [0.1, 0.15) is 5.70 Å². The number of carbonyl (C=O) groups is 1. The molecule has 0 unspecified atom stereocenters. The van der Waals surface area contributed by atoms with E-state index in [1.54, 1.807) is 6.92 Å². The van der Waals surface area contributed by atoms with Crippen LogP contribution in [0.2, 0.25) is 19.6 Å². The molecule has 106 valence electrons. The van der Waals surface area contributed by atoms with Gasteiger partial charge in [0.05, 0.1) is 14.7 Å². The van der Waals surface area contributed by atoms with E-state index >= 15 is 0 Å². The summed E-state index contributed by atoms with van der Waals surface area (Å²) in [6.07, 6.45) is 1.53. The summed E-state index contributed by atoms with van der Waals surface area (Å²) < 4.78 is 4.84. The number of azide groups is 1. The van der Waals surface area contributed by atoms with Gasteiger partial charge in [0.2, 0.25) is 0 Å². The zero-order valence-electron chi connectivity index (χ0n) is 12.3. The van der Waals surface area contributed by atoms with Gasteiger partial charge in [-0.1, -0.05) is 54.2 Å². The minimum atomic E-state index is -1.34. The third-order valence-corrected chi connectivity index (χ3v) is 4.78. The minimum absolute atomic E-state index is 0.0323. The lowest BCUT2D eigenvalue weighted by molar-refractivity contribution is -0.138. The molecule has 0 bridgehead atoms. The summed E-state index contributed by atoms with van der Waals surface area (Å²) in [4.78, 5) is 14.3. The topological polar surface area (TPSA) is 75.1 Å². The third kappa shape index (κ3) is 4.57. The van der Waals surface area contributed by atoms with E-state index in [2.05, 4.69) is 41.8 Å². The van der Waals surface area contributed by atoms with Crippen molar-refractivity contribution in [2.75, 3.05) is 6.61 Å². The summed E-state index contributed by atoms with van der Waals surface area (Å²) in [6.45, 7) is 8.74. The van der Waals surface area contributed by atoms with E-state index in [9.17, 15) is 4.79 Å². The van der Waals surface area contributed by atoms with Crippen molar-refractivity contribution in [2.45, 2.75) is 26.6 Å². The Morgan fingerprint density at radius 1 is 1.35 bits per heavy atom. The van der Waals surface area contributed by atoms with Crippen molar-refractivity contribution in [3.8, 4) is 0 Å². The molecular formula is C14H19N3O2Si. The molecule has 0 aromatic heterocycles. The highest BCUT2D eigenvalue weighted by Gasteiger charge is 2.15. The van der Waals surface area contributed by atoms with Crippen LogP contribution in [0.15, 0.2) is 35.1 Å². The van der Waals surface area contributed by atoms with Gasteiger partial charge in [0, 0.05) is 4.91 Å². The van der Waals surface area contributed by atoms with Crippen LogP contribution >= 0.6 is 0 Å². The van der Waals surface area contributed by atoms with Crippen LogP contribution in [0.4, 0.5) is 0 Å². The summed E-state index contributed by atoms with van der Waals surface area (Å²) >= 11 is 0. The van der Waals surface area contributed by atoms with E-state index in [1.807, 2.05) is 12.1 Å². The van der Waals surface area contributed by atoms with Crippen molar-refractivity contribution >= 4 is 25.3 Å². The lowest BCUT2D eigenvalue weighted by Crippen LogP contribution is -2.37. The van der Waals surface area contributed by atoms with Crippen LogP contribution in [0.25, 0.3) is 16.5 Å². The van der Waals surface area contributed by atoms with Crippen LogP contribution in [-0.2, 0) is 9.53 Å². The molecule has 0 aliphatic carbocycles. The zero-order valence-corrected chi connectivity index (χ0v) is 13.3. The first-order chi connectivity index (χ1) is 9.38. The summed E-state index contributed by atoms with van der Waals surface area (Å²) in [5.74, 6) is -0.612. The second-order valence-electron chi connectivity index (χ2n) is 5.31. The van der Waals surface area contributed by atoms with Crippen molar-refractivity contribution in [3.63, 3.8) is 0 Å². The number of carbonyl (C=O) groups excluding carboxylic acids is 1. The van der Waals surface area contributed by atoms with Gasteiger partial charge in [-0.25, -0.2) is 4.79 Å². The van der Waals surface area contributed by atoms with E-state index in [0.29, 0.717) is 0 Å². The number of hydrogen-bond donors (Lipinski definition) is 0. The second-order valence-corrected chi connectivity index (χ2v) is 10.4. The molecule has 0 aliphatic heterocycles. The van der Waals surface area contributed by atoms with Crippen molar-refractivity contribution < 1.29 is 9.53 Å². The van der Waals surface area contributed by atoms with Crippen LogP contribution in [0.5, 0.6) is 0 Å². The Bertz CT molecular complexity index is 553. The van der Waals surface area contributed by atoms with Gasteiger partial charge in [-0.15, -0.1) is 0 Å². The normalized spacial score (nSPS) is 11.7. The van der Waals surface area contributed by atoms with Crippen molar-refractivity contribution in [3.05, 3.63) is 46.0 Å². The lowest BCUT2D eigenvalue weighted by atomic mass is 10.2. The Balaban J connectivity index is 3.06. The molecule has 1 rings (SSSR count). The minimum Gasteiger partial charge on any atom is -0.462 e. The Kier molecular flexibility index (Phi) is 5.55. The highest BCUT2D eigenvalue weighted by atomic mass is 28.3. The predicted octanol–water partition coefficient (Wildman–Crippen LogP) is 3.45. The highest BCUT2D eigenvalue weighted by Crippen LogP contribution is 2.11. The molecule has 0 fully saturated rings. The predicted molar refractivity (Wildman–Crippen MR) is 83.2 cm³/mol. The standard InChI is InChI=1S/C14H19N3O2Si/c1-5-19-14(18)13(16-17-15)10-11-6-8-12(9-7-11)20(2,3)4/h6-10H,5H2,1-4H3. The van der Waals surface area contributed by atoms with Gasteiger partial charge in [-0.2, -0.15) is 0 Å². The molecule has 0 saturated carbocycles. The van der Waals surface area contributed by atoms with Crippen molar-refractivity contribution in [2.24, 2.45) is 5.11 Å². The molecule has 20 heavy (non-hydrogen) atoms. The number of ether oxygens (including phenoxy) is 1. The Hall–Kier alpha value is -2.04. The fourth-order valence-electron chi connectivity index (χ4n) is 1.62. The monoisotopic (exact) mass is 289 g/mol. The maximum atomic E-state index is 11.6. The van der Waals surface area contributed by atoms with Crippen molar-refractivity contribution in [1.29, 1.82) is 0 Å². The average molecular weight is 289 g/mol. The van der Waals surface area contributed by atoms with E-state index in [1.165, 1.54) is 11.3 Å². The number of benzene rings is 1. The molecule has 0 aliphatic rings. The molecule has 1 aromatic rings. The van der Waals surface area contributed by atoms with E-state index in [-0.39, 0.29) is 12.3 Å². The SMILES string of the molecule is CCOC(=O)C(=Cc1ccc([Si](C)(C)C)cc1)N=[N+]=[N-]. The Labute approximate surface area is 119 Å². The average Bonchev–Trinajstić information content (AvgIpc) is 2.38. The van der Waals surface area contributed by atoms with Gasteiger partial charge < -0.3 is 4.74 Å². The lowest BCUT2D eigenvalue weighted by Gasteiger charge is -2.16. The van der Waals surface area contributed by atoms with E-state index < -0.39 is 14.0 Å². The molecule has 0 saturated heterocycles. The van der Waals surface area contributed by atoms with Gasteiger partial charge >= 0.3 is 5.97 Å². The molecule has 0 spiro atoms. The van der Waals surface area contributed by atoms with Crippen molar-refractivity contribution in [1.82, 2.24) is 0 Å². The Morgan fingerprint density at radius 3 is 2.40 bits per heavy atom. The first-order valence-corrected chi connectivity index (χ1v) is 9.93. The molecule has 0 amide bonds. The summed E-state index contributed by atoms with van der Waals surface area (Å²) in [5, 5.41) is 4.71. The first-order valence-electron chi connectivity index (χ1n) is 6.43. The fraction of sp³-hybridized carbons (Fsp3) is 0.357. The van der Waals surface area contributed by atoms with Gasteiger partial charge in [-0.3, -0.25) is 0 Å². The van der Waals surface area contributed by atoms with Crippen LogP contribution in [0.1, 0.15) is 12.5 Å². The second kappa shape index (κ2) is 6.93. The van der Waals surface area contributed by atoms with E-state index in [0.717, 1.165) is 5.56 Å². The molecule has 0 N–H and O–H groups in total. The maximum absolute atomic E-state index is 11.6. The smallest absolute Gasteiger partial charge is 0.340 e. The number of esters is 1. The molecule has 0 radical (unpaired) electrons. The van der Waals surface area contributed by atoms with Gasteiger partial charge in [0.25, 0.3) is 0 Å². The molecule has 6 heteroatoms. The largest absolute Gasteiger partial charge is 0.462 e. The molecule has 0 heterocycles. The quantitative estimate of drug-likeness (QED) is 0.208. The maximum Gasteiger partial charge on any atom is 0.340 e. The molecule has 5 nitrogen and oxygen atoms in total. The Morgan fingerprint density at radius 2 is 1.95 bits per heavy atom. The van der Waals surface area contributed by atoms with Crippen LogP contribution < -0.4 is 5.19 Å². The summed E-state index contributed by atoms with van der Waals surface area (Å²) in [5.41, 5.74) is 9.27. The number of hydrogen-bond acceptors (Lipinski definition) is 3. The molecule has 1 aromatic carbocycles. The zero-order chi connectivity index (χ0) is 15.2. The van der Waals surface area contributed by atoms with Crippen LogP contribution in [-0.4, -0.2) is 20.7 Å². The molecule has 0 atom stereocenters. The van der Waals surface area contributed by atoms with Crippen LogP contribution in [0, 0.1) is 0 Å².